The monoisotopic (exact) mass is 362 g/mol. The lowest BCUT2D eigenvalue weighted by molar-refractivity contribution is 0.342. The minimum Gasteiger partial charge on any atom is -0.492 e. The first-order chi connectivity index (χ1) is 12.9. The summed E-state index contributed by atoms with van der Waals surface area (Å²) in [5.74, 6) is 2.07. The van der Waals surface area contributed by atoms with Crippen molar-refractivity contribution < 1.29 is 4.74 Å². The van der Waals surface area contributed by atoms with E-state index in [1.165, 1.54) is 0 Å². The van der Waals surface area contributed by atoms with Crippen molar-refractivity contribution in [2.45, 2.75) is 33.2 Å². The zero-order valence-corrected chi connectivity index (χ0v) is 16.3. The molecule has 0 atom stereocenters. The molecule has 0 bridgehead atoms. The second-order valence-electron chi connectivity index (χ2n) is 7.26. The molecule has 2 N–H and O–H groups in total. The fraction of sp³-hybridized carbons (Fsp3) is 0.273. The van der Waals surface area contributed by atoms with Gasteiger partial charge < -0.3 is 15.4 Å². The number of aromatic nitrogens is 2. The van der Waals surface area contributed by atoms with Crippen LogP contribution in [0, 0.1) is 0 Å². The van der Waals surface area contributed by atoms with Crippen molar-refractivity contribution in [2.75, 3.05) is 17.2 Å². The smallest absolute Gasteiger partial charge is 0.229 e. The standard InChI is InChI=1S/C22H26N4O/c1-5-27-19-14-10-9-13-17(19)23-21-24-18(16-11-7-6-8-12-16)15-20(25-21)26-22(2,3)4/h6-15H,5H2,1-4H3,(H2,23,24,25,26). The van der Waals surface area contributed by atoms with Gasteiger partial charge in [-0.05, 0) is 39.8 Å². The van der Waals surface area contributed by atoms with Crippen LogP contribution in [0.1, 0.15) is 27.7 Å². The van der Waals surface area contributed by atoms with Crippen molar-refractivity contribution >= 4 is 17.5 Å². The van der Waals surface area contributed by atoms with Crippen molar-refractivity contribution in [2.24, 2.45) is 0 Å². The Hall–Kier alpha value is -3.08. The first-order valence-electron chi connectivity index (χ1n) is 9.16. The number of anilines is 3. The summed E-state index contributed by atoms with van der Waals surface area (Å²) in [6, 6.07) is 19.9. The first kappa shape index (κ1) is 18.7. The molecule has 1 aromatic heterocycles. The number of rotatable bonds is 6. The van der Waals surface area contributed by atoms with E-state index >= 15 is 0 Å². The van der Waals surface area contributed by atoms with E-state index in [2.05, 4.69) is 36.4 Å². The number of hydrogen-bond donors (Lipinski definition) is 2. The molecule has 5 heteroatoms. The number of benzene rings is 2. The average molecular weight is 362 g/mol. The topological polar surface area (TPSA) is 59.1 Å². The fourth-order valence-corrected chi connectivity index (χ4v) is 2.68. The van der Waals surface area contributed by atoms with Gasteiger partial charge in [-0.3, -0.25) is 0 Å². The Morgan fingerprint density at radius 2 is 1.63 bits per heavy atom. The summed E-state index contributed by atoms with van der Waals surface area (Å²) in [6.45, 7) is 8.88. The molecule has 140 valence electrons. The average Bonchev–Trinajstić information content (AvgIpc) is 2.63. The lowest BCUT2D eigenvalue weighted by Crippen LogP contribution is -2.26. The SMILES string of the molecule is CCOc1ccccc1Nc1nc(NC(C)(C)C)cc(-c2ccccc2)n1. The minimum atomic E-state index is -0.108. The van der Waals surface area contributed by atoms with Crippen LogP contribution < -0.4 is 15.4 Å². The number of nitrogens with one attached hydrogen (secondary N) is 2. The highest BCUT2D eigenvalue weighted by atomic mass is 16.5. The molecule has 5 nitrogen and oxygen atoms in total. The van der Waals surface area contributed by atoms with Crippen molar-refractivity contribution in [3.8, 4) is 17.0 Å². The summed E-state index contributed by atoms with van der Waals surface area (Å²) in [5.41, 5.74) is 2.63. The number of nitrogens with zero attached hydrogens (tertiary/aromatic N) is 2. The largest absolute Gasteiger partial charge is 0.492 e. The molecule has 0 spiro atoms. The van der Waals surface area contributed by atoms with Gasteiger partial charge in [-0.2, -0.15) is 4.98 Å². The van der Waals surface area contributed by atoms with Gasteiger partial charge in [-0.15, -0.1) is 0 Å². The number of ether oxygens (including phenoxy) is 1. The normalized spacial score (nSPS) is 11.1. The Bertz CT molecular complexity index is 888. The third-order valence-electron chi connectivity index (χ3n) is 3.73. The zero-order valence-electron chi connectivity index (χ0n) is 16.3. The van der Waals surface area contributed by atoms with E-state index in [0.29, 0.717) is 12.6 Å². The summed E-state index contributed by atoms with van der Waals surface area (Å²) in [5, 5.41) is 6.74. The van der Waals surface area contributed by atoms with Gasteiger partial charge in [0.15, 0.2) is 0 Å². The van der Waals surface area contributed by atoms with Gasteiger partial charge in [0.05, 0.1) is 18.0 Å². The molecule has 3 aromatic rings. The maximum Gasteiger partial charge on any atom is 0.229 e. The predicted octanol–water partition coefficient (Wildman–Crippen LogP) is 5.50. The highest BCUT2D eigenvalue weighted by Gasteiger charge is 2.14. The van der Waals surface area contributed by atoms with Crippen LogP contribution in [-0.2, 0) is 0 Å². The molecule has 3 rings (SSSR count). The van der Waals surface area contributed by atoms with Crippen molar-refractivity contribution in [3.63, 3.8) is 0 Å². The molecule has 0 aliphatic rings. The maximum absolute atomic E-state index is 5.70. The van der Waals surface area contributed by atoms with Crippen LogP contribution >= 0.6 is 0 Å². The molecule has 0 aliphatic carbocycles. The number of hydrogen-bond acceptors (Lipinski definition) is 5. The molecule has 0 saturated heterocycles. The van der Waals surface area contributed by atoms with E-state index in [1.807, 2.05) is 67.6 Å². The van der Waals surface area contributed by atoms with Crippen LogP contribution in [0.3, 0.4) is 0 Å². The lowest BCUT2D eigenvalue weighted by Gasteiger charge is -2.22. The first-order valence-corrected chi connectivity index (χ1v) is 9.16. The summed E-state index contributed by atoms with van der Waals surface area (Å²) in [7, 11) is 0. The maximum atomic E-state index is 5.70. The zero-order chi connectivity index (χ0) is 19.3. The fourth-order valence-electron chi connectivity index (χ4n) is 2.68. The third kappa shape index (κ3) is 5.20. The molecule has 1 heterocycles. The Morgan fingerprint density at radius 3 is 2.33 bits per heavy atom. The van der Waals surface area contributed by atoms with E-state index in [1.54, 1.807) is 0 Å². The Balaban J connectivity index is 2.00. The third-order valence-corrected chi connectivity index (χ3v) is 3.73. The predicted molar refractivity (Wildman–Crippen MR) is 112 cm³/mol. The molecule has 0 fully saturated rings. The Morgan fingerprint density at radius 1 is 0.926 bits per heavy atom. The van der Waals surface area contributed by atoms with Crippen LogP contribution in [0.4, 0.5) is 17.5 Å². The van der Waals surface area contributed by atoms with E-state index in [4.69, 9.17) is 9.72 Å². The second kappa shape index (κ2) is 8.08. The lowest BCUT2D eigenvalue weighted by atomic mass is 10.1. The van der Waals surface area contributed by atoms with Crippen molar-refractivity contribution in [1.82, 2.24) is 9.97 Å². The number of para-hydroxylation sites is 2. The molecule has 0 aliphatic heterocycles. The second-order valence-corrected chi connectivity index (χ2v) is 7.26. The molecule has 0 unspecified atom stereocenters. The van der Waals surface area contributed by atoms with Crippen LogP contribution in [-0.4, -0.2) is 22.1 Å². The summed E-state index contributed by atoms with van der Waals surface area (Å²) < 4.78 is 5.70. The van der Waals surface area contributed by atoms with Gasteiger partial charge in [-0.1, -0.05) is 42.5 Å². The highest BCUT2D eigenvalue weighted by Crippen LogP contribution is 2.29. The molecular weight excluding hydrogens is 336 g/mol. The summed E-state index contributed by atoms with van der Waals surface area (Å²) in [6.07, 6.45) is 0. The van der Waals surface area contributed by atoms with Crippen LogP contribution in [0.25, 0.3) is 11.3 Å². The van der Waals surface area contributed by atoms with Gasteiger partial charge in [-0.25, -0.2) is 4.98 Å². The van der Waals surface area contributed by atoms with E-state index < -0.39 is 0 Å². The molecule has 0 radical (unpaired) electrons. The van der Waals surface area contributed by atoms with E-state index in [0.717, 1.165) is 28.5 Å². The summed E-state index contributed by atoms with van der Waals surface area (Å²) >= 11 is 0. The van der Waals surface area contributed by atoms with Crippen LogP contribution in [0.2, 0.25) is 0 Å². The molecule has 2 aromatic carbocycles. The van der Waals surface area contributed by atoms with Gasteiger partial charge in [0.1, 0.15) is 11.6 Å². The summed E-state index contributed by atoms with van der Waals surface area (Å²) in [4.78, 5) is 9.36. The van der Waals surface area contributed by atoms with Gasteiger partial charge in [0.2, 0.25) is 5.95 Å². The van der Waals surface area contributed by atoms with Crippen molar-refractivity contribution in [3.05, 3.63) is 60.7 Å². The van der Waals surface area contributed by atoms with Gasteiger partial charge >= 0.3 is 0 Å². The highest BCUT2D eigenvalue weighted by molar-refractivity contribution is 5.68. The Kier molecular flexibility index (Phi) is 5.60. The van der Waals surface area contributed by atoms with Crippen LogP contribution in [0.15, 0.2) is 60.7 Å². The quantitative estimate of drug-likeness (QED) is 0.607. The van der Waals surface area contributed by atoms with E-state index in [-0.39, 0.29) is 5.54 Å². The van der Waals surface area contributed by atoms with E-state index in [9.17, 15) is 0 Å². The molecule has 27 heavy (non-hydrogen) atoms. The minimum absolute atomic E-state index is 0.108. The molecular formula is C22H26N4O. The van der Waals surface area contributed by atoms with Crippen LogP contribution in [0.5, 0.6) is 5.75 Å². The molecule has 0 amide bonds. The Labute approximate surface area is 160 Å². The molecule has 0 saturated carbocycles. The van der Waals surface area contributed by atoms with Gasteiger partial charge in [0, 0.05) is 17.2 Å². The van der Waals surface area contributed by atoms with Gasteiger partial charge in [0.25, 0.3) is 0 Å². The van der Waals surface area contributed by atoms with Crippen molar-refractivity contribution in [1.29, 1.82) is 0 Å².